The third kappa shape index (κ3) is 5.17. The van der Waals surface area contributed by atoms with Gasteiger partial charge in [0.05, 0.1) is 22.5 Å². The summed E-state index contributed by atoms with van der Waals surface area (Å²) in [7, 11) is 0. The highest BCUT2D eigenvalue weighted by molar-refractivity contribution is 8.00. The maximum Gasteiger partial charge on any atom is 0.234 e. The highest BCUT2D eigenvalue weighted by Crippen LogP contribution is 2.25. The Labute approximate surface area is 184 Å². The molecule has 0 radical (unpaired) electrons. The lowest BCUT2D eigenvalue weighted by Gasteiger charge is -2.10. The van der Waals surface area contributed by atoms with Crippen LogP contribution in [0.4, 0.5) is 5.69 Å². The quantitative estimate of drug-likeness (QED) is 0.384. The van der Waals surface area contributed by atoms with E-state index in [1.54, 1.807) is 0 Å². The lowest BCUT2D eigenvalue weighted by molar-refractivity contribution is -0.113. The summed E-state index contributed by atoms with van der Waals surface area (Å²) >= 11 is 7.41. The molecule has 0 bridgehead atoms. The van der Waals surface area contributed by atoms with Crippen molar-refractivity contribution in [3.63, 3.8) is 0 Å². The van der Waals surface area contributed by atoms with Gasteiger partial charge >= 0.3 is 0 Å². The number of rotatable bonds is 6. The number of anilines is 1. The van der Waals surface area contributed by atoms with Crippen LogP contribution >= 0.6 is 23.4 Å². The Morgan fingerprint density at radius 2 is 1.70 bits per heavy atom. The highest BCUT2D eigenvalue weighted by Gasteiger charge is 2.13. The summed E-state index contributed by atoms with van der Waals surface area (Å²) < 4.78 is 0. The summed E-state index contributed by atoms with van der Waals surface area (Å²) in [6.45, 7) is 2.00. The zero-order valence-corrected chi connectivity index (χ0v) is 18.0. The lowest BCUT2D eigenvalue weighted by Crippen LogP contribution is -2.14. The van der Waals surface area contributed by atoms with Gasteiger partial charge in [0.1, 0.15) is 5.03 Å². The maximum atomic E-state index is 12.5. The van der Waals surface area contributed by atoms with Crippen molar-refractivity contribution in [2.75, 3.05) is 11.1 Å². The fourth-order valence-corrected chi connectivity index (χ4v) is 4.01. The fourth-order valence-electron chi connectivity index (χ4n) is 3.10. The third-order valence-corrected chi connectivity index (χ3v) is 5.79. The molecule has 0 atom stereocenters. The normalized spacial score (nSPS) is 10.9. The molecule has 3 aromatic carbocycles. The van der Waals surface area contributed by atoms with Crippen LogP contribution in [0.2, 0.25) is 5.02 Å². The number of amides is 1. The largest absolute Gasteiger partial charge is 0.325 e. The first-order valence-corrected chi connectivity index (χ1v) is 10.9. The number of hydrogen-bond donors (Lipinski definition) is 1. The Hall–Kier alpha value is -2.89. The van der Waals surface area contributed by atoms with E-state index < -0.39 is 0 Å². The van der Waals surface area contributed by atoms with Crippen molar-refractivity contribution in [2.45, 2.75) is 18.4 Å². The molecule has 0 aliphatic heterocycles. The van der Waals surface area contributed by atoms with Gasteiger partial charge in [0.2, 0.25) is 5.91 Å². The van der Waals surface area contributed by atoms with Crippen LogP contribution in [0.1, 0.15) is 16.8 Å². The molecule has 4 nitrogen and oxygen atoms in total. The van der Waals surface area contributed by atoms with Crippen LogP contribution < -0.4 is 5.32 Å². The molecule has 30 heavy (non-hydrogen) atoms. The summed E-state index contributed by atoms with van der Waals surface area (Å²) in [5.41, 5.74) is 5.51. The summed E-state index contributed by atoms with van der Waals surface area (Å²) in [4.78, 5) is 22.1. The van der Waals surface area contributed by atoms with Gasteiger partial charge in [-0.05, 0) is 54.4 Å². The first-order chi connectivity index (χ1) is 14.6. The molecule has 6 heteroatoms. The topological polar surface area (TPSA) is 54.9 Å². The smallest absolute Gasteiger partial charge is 0.234 e. The average molecular weight is 434 g/mol. The van der Waals surface area contributed by atoms with Crippen LogP contribution in [-0.4, -0.2) is 21.6 Å². The molecule has 4 aromatic rings. The van der Waals surface area contributed by atoms with E-state index in [0.29, 0.717) is 11.4 Å². The number of thioether (sulfide) groups is 1. The minimum atomic E-state index is -0.0713. The van der Waals surface area contributed by atoms with Gasteiger partial charge in [0.25, 0.3) is 0 Å². The van der Waals surface area contributed by atoms with Gasteiger partial charge in [0, 0.05) is 17.1 Å². The van der Waals surface area contributed by atoms with Gasteiger partial charge in [-0.15, -0.1) is 0 Å². The van der Waals surface area contributed by atoms with Gasteiger partial charge < -0.3 is 5.32 Å². The number of para-hydroxylation sites is 2. The number of nitrogens with zero attached hydrogens (tertiary/aromatic N) is 2. The lowest BCUT2D eigenvalue weighted by atomic mass is 10.1. The average Bonchev–Trinajstić information content (AvgIpc) is 2.74. The molecule has 0 aliphatic carbocycles. The summed E-state index contributed by atoms with van der Waals surface area (Å²) in [6.07, 6.45) is 0.622. The van der Waals surface area contributed by atoms with Crippen molar-refractivity contribution in [1.29, 1.82) is 0 Å². The van der Waals surface area contributed by atoms with Crippen LogP contribution in [-0.2, 0) is 11.2 Å². The van der Waals surface area contributed by atoms with Gasteiger partial charge in [-0.1, -0.05) is 59.8 Å². The van der Waals surface area contributed by atoms with Crippen LogP contribution in [0.5, 0.6) is 0 Å². The number of benzene rings is 3. The molecule has 1 amide bonds. The first kappa shape index (κ1) is 20.4. The predicted molar refractivity (Wildman–Crippen MR) is 124 cm³/mol. The number of carbonyl (C=O) groups is 1. The summed E-state index contributed by atoms with van der Waals surface area (Å²) in [6, 6.07) is 23.2. The van der Waals surface area contributed by atoms with Crippen molar-refractivity contribution in [3.8, 4) is 0 Å². The van der Waals surface area contributed by atoms with Gasteiger partial charge in [-0.2, -0.15) is 0 Å². The maximum absolute atomic E-state index is 12.5. The van der Waals surface area contributed by atoms with Crippen molar-refractivity contribution in [1.82, 2.24) is 9.97 Å². The second-order valence-corrected chi connectivity index (χ2v) is 8.37. The van der Waals surface area contributed by atoms with Gasteiger partial charge in [-0.25, -0.2) is 9.97 Å². The molecule has 0 saturated carbocycles. The molecule has 0 saturated heterocycles. The summed E-state index contributed by atoms with van der Waals surface area (Å²) in [5.74, 6) is 0.187. The molecule has 0 spiro atoms. The fraction of sp³-hybridized carbons (Fsp3) is 0.125. The third-order valence-electron chi connectivity index (χ3n) is 4.53. The number of fused-ring (bicyclic) bond motifs is 1. The number of aromatic nitrogens is 2. The van der Waals surface area contributed by atoms with E-state index in [1.165, 1.54) is 11.8 Å². The second-order valence-electron chi connectivity index (χ2n) is 6.97. The van der Waals surface area contributed by atoms with Crippen LogP contribution in [0.3, 0.4) is 0 Å². The molecular weight excluding hydrogens is 414 g/mol. The zero-order chi connectivity index (χ0) is 20.9. The van der Waals surface area contributed by atoms with Crippen molar-refractivity contribution < 1.29 is 4.79 Å². The Bertz CT molecular complexity index is 1190. The Morgan fingerprint density at radius 3 is 2.43 bits per heavy atom. The predicted octanol–water partition coefficient (Wildman–Crippen LogP) is 5.91. The highest BCUT2D eigenvalue weighted by atomic mass is 35.5. The van der Waals surface area contributed by atoms with Crippen LogP contribution in [0, 0.1) is 6.92 Å². The standard InChI is InChI=1S/C24H20ClN3OS/c1-16-5-4-6-19(13-16)26-23(29)15-30-24-22(14-17-9-11-18(25)12-10-17)27-20-7-2-3-8-21(20)28-24/h2-13H,14-15H2,1H3,(H,26,29). The van der Waals surface area contributed by atoms with E-state index in [0.717, 1.165) is 38.6 Å². The van der Waals surface area contributed by atoms with E-state index in [4.69, 9.17) is 21.6 Å². The molecule has 150 valence electrons. The minimum Gasteiger partial charge on any atom is -0.325 e. The van der Waals surface area contributed by atoms with Gasteiger partial charge in [-0.3, -0.25) is 4.79 Å². The Morgan fingerprint density at radius 1 is 0.967 bits per heavy atom. The first-order valence-electron chi connectivity index (χ1n) is 9.56. The van der Waals surface area contributed by atoms with E-state index in [9.17, 15) is 4.79 Å². The zero-order valence-electron chi connectivity index (χ0n) is 16.4. The van der Waals surface area contributed by atoms with E-state index >= 15 is 0 Å². The van der Waals surface area contributed by atoms with E-state index in [2.05, 4.69) is 5.32 Å². The molecule has 0 aliphatic rings. The van der Waals surface area contributed by atoms with Crippen molar-refractivity contribution in [3.05, 3.63) is 94.6 Å². The second kappa shape index (κ2) is 9.28. The molecule has 0 unspecified atom stereocenters. The van der Waals surface area contributed by atoms with Crippen molar-refractivity contribution >= 4 is 46.0 Å². The van der Waals surface area contributed by atoms with Gasteiger partial charge in [0.15, 0.2) is 0 Å². The van der Waals surface area contributed by atoms with Crippen LogP contribution in [0.25, 0.3) is 11.0 Å². The Kier molecular flexibility index (Phi) is 6.31. The number of nitrogens with one attached hydrogen (secondary N) is 1. The molecule has 1 N–H and O–H groups in total. The Balaban J connectivity index is 1.55. The van der Waals surface area contributed by atoms with E-state index in [-0.39, 0.29) is 11.7 Å². The molecule has 4 rings (SSSR count). The number of aryl methyl sites for hydroxylation is 1. The molecule has 1 aromatic heterocycles. The van der Waals surface area contributed by atoms with Crippen LogP contribution in [0.15, 0.2) is 77.8 Å². The molecule has 0 fully saturated rings. The monoisotopic (exact) mass is 433 g/mol. The SMILES string of the molecule is Cc1cccc(NC(=O)CSc2nc3ccccc3nc2Cc2ccc(Cl)cc2)c1. The molecular formula is C24H20ClN3OS. The van der Waals surface area contributed by atoms with Crippen molar-refractivity contribution in [2.24, 2.45) is 0 Å². The summed E-state index contributed by atoms with van der Waals surface area (Å²) in [5, 5.41) is 4.41. The number of carbonyl (C=O) groups excluding carboxylic acids is 1. The minimum absolute atomic E-state index is 0.0713. The number of hydrogen-bond acceptors (Lipinski definition) is 4. The van der Waals surface area contributed by atoms with E-state index in [1.807, 2.05) is 79.7 Å². The number of halogens is 1. The molecule has 1 heterocycles.